The number of furan rings is 1. The number of aromatic nitrogens is 1. The first kappa shape index (κ1) is 26.3. The van der Waals surface area contributed by atoms with Crippen LogP contribution in [0.5, 0.6) is 11.5 Å². The molecule has 11 nitrogen and oxygen atoms in total. The van der Waals surface area contributed by atoms with Crippen molar-refractivity contribution in [1.29, 1.82) is 0 Å². The summed E-state index contributed by atoms with van der Waals surface area (Å²) in [6.07, 6.45) is 2.01. The molecule has 4 rings (SSSR count). The maximum Gasteiger partial charge on any atom is 0.276 e. The highest BCUT2D eigenvalue weighted by molar-refractivity contribution is 7.89. The van der Waals surface area contributed by atoms with Crippen LogP contribution in [0.1, 0.15) is 32.2 Å². The van der Waals surface area contributed by atoms with Crippen LogP contribution in [0.25, 0.3) is 0 Å². The van der Waals surface area contributed by atoms with Crippen LogP contribution in [0, 0.1) is 6.92 Å². The second kappa shape index (κ2) is 11.5. The molecule has 12 heteroatoms. The standard InChI is InChI=1S/C25H28N4O7S/c1-17-21(16-23(35-17)37(32,33)29-10-12-34-13-11-29)24(30)28-8-6-18-4-3-5-19(14-18)36-20-7-9-27-22(15-20)25(31)26-2/h3-5,7,9,14-16H,6,8,10-13H2,1-2H3,(H,26,31)(H,28,30). The summed E-state index contributed by atoms with van der Waals surface area (Å²) in [6.45, 7) is 2.99. The van der Waals surface area contributed by atoms with Crippen molar-refractivity contribution in [3.63, 3.8) is 0 Å². The molecule has 2 N–H and O–H groups in total. The summed E-state index contributed by atoms with van der Waals surface area (Å²) in [5.74, 6) is 0.538. The number of morpholine rings is 1. The lowest BCUT2D eigenvalue weighted by molar-refractivity contribution is 0.0724. The number of pyridine rings is 1. The summed E-state index contributed by atoms with van der Waals surface area (Å²) in [5, 5.41) is 5.07. The molecule has 3 aromatic rings. The summed E-state index contributed by atoms with van der Waals surface area (Å²) < 4.78 is 43.4. The number of carbonyl (C=O) groups excluding carboxylic acids is 2. The summed E-state index contributed by atoms with van der Waals surface area (Å²) in [6, 6.07) is 11.8. The van der Waals surface area contributed by atoms with E-state index in [1.807, 2.05) is 18.2 Å². The van der Waals surface area contributed by atoms with Crippen molar-refractivity contribution in [1.82, 2.24) is 19.9 Å². The first-order valence-corrected chi connectivity index (χ1v) is 13.1. The molecule has 1 saturated heterocycles. The second-order valence-corrected chi connectivity index (χ2v) is 10.1. The minimum absolute atomic E-state index is 0.175. The van der Waals surface area contributed by atoms with Crippen LogP contribution in [0.15, 0.2) is 58.2 Å². The van der Waals surface area contributed by atoms with Gasteiger partial charge in [-0.1, -0.05) is 12.1 Å². The van der Waals surface area contributed by atoms with Gasteiger partial charge in [0.15, 0.2) is 0 Å². The van der Waals surface area contributed by atoms with E-state index in [0.717, 1.165) is 5.56 Å². The van der Waals surface area contributed by atoms with Crippen LogP contribution in [0.4, 0.5) is 0 Å². The molecule has 0 spiro atoms. The van der Waals surface area contributed by atoms with Gasteiger partial charge in [-0.3, -0.25) is 14.6 Å². The second-order valence-electron chi connectivity index (χ2n) is 8.26. The van der Waals surface area contributed by atoms with E-state index < -0.39 is 15.9 Å². The van der Waals surface area contributed by atoms with E-state index in [2.05, 4.69) is 15.6 Å². The smallest absolute Gasteiger partial charge is 0.276 e. The van der Waals surface area contributed by atoms with Crippen LogP contribution >= 0.6 is 0 Å². The molecule has 1 fully saturated rings. The fourth-order valence-corrected chi connectivity index (χ4v) is 5.15. The Morgan fingerprint density at radius 3 is 2.59 bits per heavy atom. The van der Waals surface area contributed by atoms with Crippen LogP contribution in [-0.2, 0) is 21.2 Å². The van der Waals surface area contributed by atoms with Gasteiger partial charge in [0.05, 0.1) is 18.8 Å². The number of hydrogen-bond donors (Lipinski definition) is 2. The average Bonchev–Trinajstić information content (AvgIpc) is 3.31. The quantitative estimate of drug-likeness (QED) is 0.431. The average molecular weight is 529 g/mol. The number of benzene rings is 1. The lowest BCUT2D eigenvalue weighted by atomic mass is 10.1. The topological polar surface area (TPSA) is 140 Å². The molecule has 0 aliphatic carbocycles. The number of sulfonamides is 1. The van der Waals surface area contributed by atoms with Gasteiger partial charge in [-0.05, 0) is 37.1 Å². The molecular weight excluding hydrogens is 500 g/mol. The van der Waals surface area contributed by atoms with Gasteiger partial charge in [-0.2, -0.15) is 4.31 Å². The van der Waals surface area contributed by atoms with Crippen molar-refractivity contribution in [2.24, 2.45) is 0 Å². The van der Waals surface area contributed by atoms with Crippen LogP contribution < -0.4 is 15.4 Å². The van der Waals surface area contributed by atoms with Gasteiger partial charge >= 0.3 is 0 Å². The van der Waals surface area contributed by atoms with Gasteiger partial charge < -0.3 is 24.5 Å². The Balaban J connectivity index is 1.35. The largest absolute Gasteiger partial charge is 0.457 e. The van der Waals surface area contributed by atoms with E-state index in [-0.39, 0.29) is 41.1 Å². The third kappa shape index (κ3) is 6.34. The zero-order valence-electron chi connectivity index (χ0n) is 20.5. The van der Waals surface area contributed by atoms with Crippen molar-refractivity contribution >= 4 is 21.8 Å². The number of aryl methyl sites for hydroxylation is 1. The monoisotopic (exact) mass is 528 g/mol. The molecule has 37 heavy (non-hydrogen) atoms. The highest BCUT2D eigenvalue weighted by Crippen LogP contribution is 2.24. The molecule has 196 valence electrons. The van der Waals surface area contributed by atoms with Gasteiger partial charge in [-0.15, -0.1) is 0 Å². The summed E-state index contributed by atoms with van der Waals surface area (Å²) in [7, 11) is -2.31. The van der Waals surface area contributed by atoms with E-state index in [1.165, 1.54) is 23.6 Å². The number of nitrogens with one attached hydrogen (secondary N) is 2. The van der Waals surface area contributed by atoms with Crippen molar-refractivity contribution < 1.29 is 31.9 Å². The molecule has 1 aliphatic heterocycles. The highest BCUT2D eigenvalue weighted by atomic mass is 32.2. The van der Waals surface area contributed by atoms with Crippen LogP contribution in [0.2, 0.25) is 0 Å². The highest BCUT2D eigenvalue weighted by Gasteiger charge is 2.31. The number of hydrogen-bond acceptors (Lipinski definition) is 8. The van der Waals surface area contributed by atoms with E-state index in [0.29, 0.717) is 37.7 Å². The van der Waals surface area contributed by atoms with Gasteiger partial charge in [0.2, 0.25) is 5.09 Å². The van der Waals surface area contributed by atoms with Crippen LogP contribution in [0.3, 0.4) is 0 Å². The van der Waals surface area contributed by atoms with E-state index in [1.54, 1.807) is 25.1 Å². The zero-order chi connectivity index (χ0) is 26.4. The number of amides is 2. The number of nitrogens with zero attached hydrogens (tertiary/aromatic N) is 2. The Morgan fingerprint density at radius 1 is 1.08 bits per heavy atom. The fraction of sp³-hybridized carbons (Fsp3) is 0.320. The summed E-state index contributed by atoms with van der Waals surface area (Å²) in [4.78, 5) is 28.5. The van der Waals surface area contributed by atoms with Crippen molar-refractivity contribution in [3.05, 3.63) is 71.2 Å². The van der Waals surface area contributed by atoms with Gasteiger partial charge in [0, 0.05) is 45.0 Å². The SMILES string of the molecule is CNC(=O)c1cc(Oc2cccc(CCNC(=O)c3cc(S(=O)(=O)N4CCOCC4)oc3C)c2)ccn1. The third-order valence-corrected chi connectivity index (χ3v) is 7.48. The van der Waals surface area contributed by atoms with E-state index >= 15 is 0 Å². The summed E-state index contributed by atoms with van der Waals surface area (Å²) >= 11 is 0. The Bertz CT molecular complexity index is 1380. The van der Waals surface area contributed by atoms with Gasteiger partial charge in [0.1, 0.15) is 23.0 Å². The maximum atomic E-state index is 12.8. The van der Waals surface area contributed by atoms with Crippen molar-refractivity contribution in [2.75, 3.05) is 39.9 Å². The van der Waals surface area contributed by atoms with Crippen LogP contribution in [-0.4, -0.2) is 69.4 Å². The third-order valence-electron chi connectivity index (χ3n) is 5.73. The predicted molar refractivity (Wildman–Crippen MR) is 133 cm³/mol. The molecule has 1 aliphatic rings. The lowest BCUT2D eigenvalue weighted by Crippen LogP contribution is -2.40. The molecule has 0 radical (unpaired) electrons. The summed E-state index contributed by atoms with van der Waals surface area (Å²) in [5.41, 5.74) is 1.33. The predicted octanol–water partition coefficient (Wildman–Crippen LogP) is 2.13. The molecule has 0 unspecified atom stereocenters. The molecule has 2 amide bonds. The normalized spacial score (nSPS) is 14.2. The van der Waals surface area contributed by atoms with Gasteiger partial charge in [0.25, 0.3) is 21.8 Å². The first-order chi connectivity index (χ1) is 17.8. The number of carbonyl (C=O) groups is 2. The Hall–Kier alpha value is -3.74. The zero-order valence-corrected chi connectivity index (χ0v) is 21.3. The van der Waals surface area contributed by atoms with Crippen molar-refractivity contribution in [3.8, 4) is 11.5 Å². The fourth-order valence-electron chi connectivity index (χ4n) is 3.76. The molecule has 0 saturated carbocycles. The Kier molecular flexibility index (Phi) is 8.21. The van der Waals surface area contributed by atoms with E-state index in [4.69, 9.17) is 13.9 Å². The molecule has 0 atom stereocenters. The molecule has 3 heterocycles. The van der Waals surface area contributed by atoms with Gasteiger partial charge in [-0.25, -0.2) is 8.42 Å². The number of rotatable bonds is 9. The maximum absolute atomic E-state index is 12.8. The molecule has 2 aromatic heterocycles. The minimum Gasteiger partial charge on any atom is -0.457 e. The van der Waals surface area contributed by atoms with E-state index in [9.17, 15) is 18.0 Å². The lowest BCUT2D eigenvalue weighted by Gasteiger charge is -2.24. The molecule has 0 bridgehead atoms. The Labute approximate surface area is 214 Å². The number of ether oxygens (including phenoxy) is 2. The molecular formula is C25H28N4O7S. The Morgan fingerprint density at radius 2 is 1.84 bits per heavy atom. The molecule has 1 aromatic carbocycles. The minimum atomic E-state index is -3.83. The van der Waals surface area contributed by atoms with Crippen molar-refractivity contribution in [2.45, 2.75) is 18.4 Å². The first-order valence-electron chi connectivity index (χ1n) is 11.7.